The first-order valence-corrected chi connectivity index (χ1v) is 11.6. The summed E-state index contributed by atoms with van der Waals surface area (Å²) in [5, 5.41) is 0.563. The molecular formula is C25H40S. The van der Waals surface area contributed by atoms with Gasteiger partial charge in [-0.2, -0.15) is 12.6 Å². The Morgan fingerprint density at radius 3 is 2.31 bits per heavy atom. The third kappa shape index (κ3) is 4.34. The summed E-state index contributed by atoms with van der Waals surface area (Å²) < 4.78 is 0. The van der Waals surface area contributed by atoms with Crippen molar-refractivity contribution < 1.29 is 0 Å². The van der Waals surface area contributed by atoms with Crippen molar-refractivity contribution in [3.8, 4) is 0 Å². The Morgan fingerprint density at radius 1 is 1.04 bits per heavy atom. The van der Waals surface area contributed by atoms with Gasteiger partial charge >= 0.3 is 0 Å². The van der Waals surface area contributed by atoms with Gasteiger partial charge < -0.3 is 0 Å². The Labute approximate surface area is 168 Å². The molecular weight excluding hydrogens is 332 g/mol. The van der Waals surface area contributed by atoms with Gasteiger partial charge in [0.05, 0.1) is 0 Å². The molecule has 0 amide bonds. The van der Waals surface area contributed by atoms with Crippen molar-refractivity contribution in [3.05, 3.63) is 34.4 Å². The van der Waals surface area contributed by atoms with Crippen LogP contribution in [0.15, 0.2) is 34.4 Å². The number of thiol groups is 1. The third-order valence-corrected chi connectivity index (χ3v) is 8.39. The Morgan fingerprint density at radius 2 is 1.73 bits per heavy atom. The summed E-state index contributed by atoms with van der Waals surface area (Å²) in [6.45, 7) is 14.2. The highest BCUT2D eigenvalue weighted by Gasteiger charge is 2.37. The molecule has 0 saturated heterocycles. The van der Waals surface area contributed by atoms with Crippen LogP contribution in [0.3, 0.4) is 0 Å². The van der Waals surface area contributed by atoms with Gasteiger partial charge in [-0.05, 0) is 87.9 Å². The fourth-order valence-electron chi connectivity index (χ4n) is 5.18. The Balaban J connectivity index is 1.89. The molecule has 0 nitrogen and oxygen atoms in total. The highest BCUT2D eigenvalue weighted by molar-refractivity contribution is 7.80. The molecule has 0 aromatic carbocycles. The Hall–Kier alpha value is -0.430. The quantitative estimate of drug-likeness (QED) is 0.376. The monoisotopic (exact) mass is 372 g/mol. The molecule has 0 radical (unpaired) electrons. The second-order valence-corrected chi connectivity index (χ2v) is 10.4. The van der Waals surface area contributed by atoms with E-state index in [2.05, 4.69) is 34.3 Å². The molecule has 1 fully saturated rings. The van der Waals surface area contributed by atoms with Crippen LogP contribution in [0.1, 0.15) is 98.3 Å². The van der Waals surface area contributed by atoms with E-state index in [1.807, 2.05) is 5.57 Å². The highest BCUT2D eigenvalue weighted by atomic mass is 32.1. The van der Waals surface area contributed by atoms with E-state index in [4.69, 9.17) is 12.6 Å². The predicted molar refractivity (Wildman–Crippen MR) is 119 cm³/mol. The van der Waals surface area contributed by atoms with Crippen molar-refractivity contribution in [2.75, 3.05) is 0 Å². The van der Waals surface area contributed by atoms with Crippen LogP contribution in [0.2, 0.25) is 0 Å². The van der Waals surface area contributed by atoms with Crippen molar-refractivity contribution in [2.24, 2.45) is 17.3 Å². The van der Waals surface area contributed by atoms with Crippen LogP contribution >= 0.6 is 12.6 Å². The maximum absolute atomic E-state index is 4.93. The fourth-order valence-corrected chi connectivity index (χ4v) is 5.51. The predicted octanol–water partition coefficient (Wildman–Crippen LogP) is 8.06. The van der Waals surface area contributed by atoms with Gasteiger partial charge in [-0.3, -0.25) is 0 Å². The molecule has 1 heteroatoms. The van der Waals surface area contributed by atoms with E-state index in [0.717, 1.165) is 5.92 Å². The van der Waals surface area contributed by atoms with Crippen LogP contribution in [0.25, 0.3) is 0 Å². The minimum atomic E-state index is 0.222. The molecule has 1 saturated carbocycles. The van der Waals surface area contributed by atoms with Gasteiger partial charge in [0.15, 0.2) is 0 Å². The second-order valence-electron chi connectivity index (χ2n) is 9.68. The van der Waals surface area contributed by atoms with Gasteiger partial charge in [0.1, 0.15) is 0 Å². The summed E-state index contributed by atoms with van der Waals surface area (Å²) in [4.78, 5) is 0. The van der Waals surface area contributed by atoms with E-state index in [-0.39, 0.29) is 5.41 Å². The van der Waals surface area contributed by atoms with E-state index in [0.29, 0.717) is 11.2 Å². The van der Waals surface area contributed by atoms with Gasteiger partial charge in [0, 0.05) is 5.25 Å². The third-order valence-electron chi connectivity index (χ3n) is 7.87. The average molecular weight is 373 g/mol. The molecule has 0 spiro atoms. The first-order chi connectivity index (χ1) is 12.3. The van der Waals surface area contributed by atoms with Gasteiger partial charge in [-0.1, -0.05) is 62.1 Å². The average Bonchev–Trinajstić information content (AvgIpc) is 3.39. The minimum absolute atomic E-state index is 0.222. The first kappa shape index (κ1) is 20.3. The smallest absolute Gasteiger partial charge is 0.00171 e. The van der Waals surface area contributed by atoms with Gasteiger partial charge in [-0.15, -0.1) is 0 Å². The second kappa shape index (κ2) is 8.29. The van der Waals surface area contributed by atoms with Crippen molar-refractivity contribution in [1.82, 2.24) is 0 Å². The number of hydrogen-bond acceptors (Lipinski definition) is 1. The molecule has 3 rings (SSSR count). The van der Waals surface area contributed by atoms with Crippen molar-refractivity contribution >= 4 is 12.6 Å². The zero-order valence-corrected chi connectivity index (χ0v) is 18.6. The lowest BCUT2D eigenvalue weighted by Crippen LogP contribution is -2.31. The molecule has 0 aliphatic heterocycles. The molecule has 0 N–H and O–H groups in total. The molecule has 146 valence electrons. The normalized spacial score (nSPS) is 32.3. The van der Waals surface area contributed by atoms with Crippen LogP contribution in [0.4, 0.5) is 0 Å². The van der Waals surface area contributed by atoms with Crippen LogP contribution in [-0.4, -0.2) is 5.25 Å². The maximum atomic E-state index is 4.93. The summed E-state index contributed by atoms with van der Waals surface area (Å²) in [6.07, 6.45) is 14.3. The SMILES string of the molecule is C=C1CCCC(S)CCC(CC(CC)=C2CC2)C2=C(CC2)C(C)C1(C)C. The summed E-state index contributed by atoms with van der Waals surface area (Å²) in [6, 6.07) is 0. The Bertz CT molecular complexity index is 598. The molecule has 3 unspecified atom stereocenters. The van der Waals surface area contributed by atoms with Crippen molar-refractivity contribution in [3.63, 3.8) is 0 Å². The summed E-state index contributed by atoms with van der Waals surface area (Å²) >= 11 is 4.93. The van der Waals surface area contributed by atoms with Crippen LogP contribution < -0.4 is 0 Å². The molecule has 3 aliphatic carbocycles. The van der Waals surface area contributed by atoms with Crippen LogP contribution in [-0.2, 0) is 0 Å². The molecule has 0 heterocycles. The van der Waals surface area contributed by atoms with Gasteiger partial charge in [0.2, 0.25) is 0 Å². The van der Waals surface area contributed by atoms with Gasteiger partial charge in [0.25, 0.3) is 0 Å². The van der Waals surface area contributed by atoms with Crippen LogP contribution in [0, 0.1) is 17.3 Å². The van der Waals surface area contributed by atoms with E-state index < -0.39 is 0 Å². The van der Waals surface area contributed by atoms with Gasteiger partial charge in [-0.25, -0.2) is 0 Å². The van der Waals surface area contributed by atoms with Crippen LogP contribution in [0.5, 0.6) is 0 Å². The standard InChI is InChI=1S/C25H40S/c1-6-19(20-10-11-20)16-21-12-13-22(26)9-7-8-17(2)25(4,5)18(3)23-14-15-24(21)23/h18,21-22,26H,2,6-16H2,1,3-5H3. The van der Waals surface area contributed by atoms with E-state index in [1.165, 1.54) is 76.2 Å². The summed E-state index contributed by atoms with van der Waals surface area (Å²) in [5.74, 6) is 1.42. The molecule has 0 aromatic rings. The van der Waals surface area contributed by atoms with E-state index >= 15 is 0 Å². The molecule has 0 aromatic heterocycles. The highest BCUT2D eigenvalue weighted by Crippen LogP contribution is 2.51. The van der Waals surface area contributed by atoms with Crippen molar-refractivity contribution in [2.45, 2.75) is 104 Å². The lowest BCUT2D eigenvalue weighted by molar-refractivity contribution is 0.290. The molecule has 0 bridgehead atoms. The number of rotatable bonds is 3. The van der Waals surface area contributed by atoms with E-state index in [1.54, 1.807) is 16.7 Å². The molecule has 26 heavy (non-hydrogen) atoms. The molecule has 3 aliphatic rings. The first-order valence-electron chi connectivity index (χ1n) is 11.1. The molecule has 3 atom stereocenters. The summed E-state index contributed by atoms with van der Waals surface area (Å²) in [5.41, 5.74) is 8.85. The maximum Gasteiger partial charge on any atom is 0.00171 e. The topological polar surface area (TPSA) is 0 Å². The number of hydrogen-bond donors (Lipinski definition) is 1. The zero-order chi connectivity index (χ0) is 18.9. The lowest BCUT2D eigenvalue weighted by Gasteiger charge is -2.43. The fraction of sp³-hybridized carbons (Fsp3) is 0.760. The Kier molecular flexibility index (Phi) is 6.48. The summed E-state index contributed by atoms with van der Waals surface area (Å²) in [7, 11) is 0. The number of allylic oxidation sites excluding steroid dienone is 5. The van der Waals surface area contributed by atoms with Crippen molar-refractivity contribution in [1.29, 1.82) is 0 Å². The zero-order valence-electron chi connectivity index (χ0n) is 17.7. The minimum Gasteiger partial charge on any atom is -0.176 e. The lowest BCUT2D eigenvalue weighted by atomic mass is 9.62. The largest absolute Gasteiger partial charge is 0.176 e. The van der Waals surface area contributed by atoms with E-state index in [9.17, 15) is 0 Å².